The Morgan fingerprint density at radius 1 is 1.69 bits per heavy atom. The van der Waals surface area contributed by atoms with Gasteiger partial charge in [0.05, 0.1) is 5.69 Å². The van der Waals surface area contributed by atoms with Crippen LogP contribution in [-0.4, -0.2) is 11.0 Å². The van der Waals surface area contributed by atoms with Crippen LogP contribution >= 0.6 is 11.3 Å². The zero-order valence-corrected chi connectivity index (χ0v) is 7.79. The number of thiazole rings is 1. The van der Waals surface area contributed by atoms with Gasteiger partial charge in [0.1, 0.15) is 0 Å². The lowest BCUT2D eigenvalue weighted by atomic mass is 9.99. The lowest BCUT2D eigenvalue weighted by Crippen LogP contribution is -2.15. The van der Waals surface area contributed by atoms with E-state index in [1.54, 1.807) is 0 Å². The predicted molar refractivity (Wildman–Crippen MR) is 51.5 cm³/mol. The third-order valence-electron chi connectivity index (χ3n) is 2.15. The summed E-state index contributed by atoms with van der Waals surface area (Å²) in [4.78, 5) is 8.21. The summed E-state index contributed by atoms with van der Waals surface area (Å²) in [6, 6.07) is 0.0948. The average Bonchev–Trinajstić information content (AvgIpc) is 2.44. The minimum absolute atomic E-state index is 0.0948. The summed E-state index contributed by atoms with van der Waals surface area (Å²) in [5.41, 5.74) is 15.0. The van der Waals surface area contributed by atoms with Crippen LogP contribution in [0.4, 0.5) is 5.13 Å². The standard InChI is InChI=1S/C7H9N5S/c8-7-10-5-2-1-4(11-12-9)3-6(5)13-7/h4H,1-3H2,(H2,8,10)/t4-/m0/s1. The average molecular weight is 195 g/mol. The van der Waals surface area contributed by atoms with Crippen molar-refractivity contribution in [3.63, 3.8) is 0 Å². The maximum absolute atomic E-state index is 8.29. The van der Waals surface area contributed by atoms with Gasteiger partial charge in [0.15, 0.2) is 5.13 Å². The molecule has 0 unspecified atom stereocenters. The number of nitrogen functional groups attached to an aromatic ring is 1. The highest BCUT2D eigenvalue weighted by Gasteiger charge is 2.20. The van der Waals surface area contributed by atoms with E-state index in [4.69, 9.17) is 11.3 Å². The molecule has 0 amide bonds. The number of azide groups is 1. The third kappa shape index (κ3) is 1.59. The quantitative estimate of drug-likeness (QED) is 0.421. The first-order valence-electron chi connectivity index (χ1n) is 4.08. The van der Waals surface area contributed by atoms with Crippen molar-refractivity contribution in [1.29, 1.82) is 0 Å². The molecule has 1 aliphatic carbocycles. The Kier molecular flexibility index (Phi) is 2.08. The van der Waals surface area contributed by atoms with E-state index in [9.17, 15) is 0 Å². The predicted octanol–water partition coefficient (Wildman–Crippen LogP) is 1.89. The van der Waals surface area contributed by atoms with Crippen molar-refractivity contribution >= 4 is 16.5 Å². The van der Waals surface area contributed by atoms with Gasteiger partial charge in [-0.3, -0.25) is 0 Å². The fourth-order valence-corrected chi connectivity index (χ4v) is 2.50. The molecule has 1 atom stereocenters. The van der Waals surface area contributed by atoms with Gasteiger partial charge in [-0.1, -0.05) is 5.11 Å². The molecule has 0 radical (unpaired) electrons. The molecule has 2 rings (SSSR count). The van der Waals surface area contributed by atoms with Crippen LogP contribution in [0.3, 0.4) is 0 Å². The van der Waals surface area contributed by atoms with Gasteiger partial charge in [0.25, 0.3) is 0 Å². The van der Waals surface area contributed by atoms with E-state index in [1.165, 1.54) is 16.2 Å². The molecule has 0 saturated heterocycles. The Bertz CT molecular complexity index is 365. The van der Waals surface area contributed by atoms with Crippen molar-refractivity contribution in [1.82, 2.24) is 4.98 Å². The summed E-state index contributed by atoms with van der Waals surface area (Å²) in [6.07, 6.45) is 2.57. The van der Waals surface area contributed by atoms with Crippen LogP contribution in [0, 0.1) is 0 Å². The van der Waals surface area contributed by atoms with E-state index in [0.717, 1.165) is 25.0 Å². The molecule has 0 saturated carbocycles. The van der Waals surface area contributed by atoms with Crippen molar-refractivity contribution < 1.29 is 0 Å². The second-order valence-corrected chi connectivity index (χ2v) is 4.14. The maximum atomic E-state index is 8.29. The largest absolute Gasteiger partial charge is 0.375 e. The number of aryl methyl sites for hydroxylation is 1. The van der Waals surface area contributed by atoms with Gasteiger partial charge >= 0.3 is 0 Å². The van der Waals surface area contributed by atoms with Crippen molar-refractivity contribution in [3.8, 4) is 0 Å². The Labute approximate surface area is 79.2 Å². The third-order valence-corrected chi connectivity index (χ3v) is 3.09. The van der Waals surface area contributed by atoms with E-state index in [-0.39, 0.29) is 6.04 Å². The molecule has 0 bridgehead atoms. The fraction of sp³-hybridized carbons (Fsp3) is 0.571. The van der Waals surface area contributed by atoms with Gasteiger partial charge in [-0.2, -0.15) is 0 Å². The molecule has 1 aliphatic rings. The molecular formula is C7H9N5S. The first-order valence-corrected chi connectivity index (χ1v) is 4.89. The topological polar surface area (TPSA) is 87.7 Å². The van der Waals surface area contributed by atoms with E-state index < -0.39 is 0 Å². The fourth-order valence-electron chi connectivity index (χ4n) is 1.55. The normalized spacial score (nSPS) is 20.5. The van der Waals surface area contributed by atoms with Crippen molar-refractivity contribution in [3.05, 3.63) is 21.0 Å². The molecule has 0 fully saturated rings. The highest BCUT2D eigenvalue weighted by Crippen LogP contribution is 2.29. The lowest BCUT2D eigenvalue weighted by Gasteiger charge is -2.15. The molecule has 6 heteroatoms. The Balaban J connectivity index is 2.23. The van der Waals surface area contributed by atoms with Crippen molar-refractivity contribution in [2.24, 2.45) is 5.11 Å². The molecule has 5 nitrogen and oxygen atoms in total. The van der Waals surface area contributed by atoms with E-state index in [2.05, 4.69) is 15.0 Å². The lowest BCUT2D eigenvalue weighted by molar-refractivity contribution is 0.573. The van der Waals surface area contributed by atoms with Gasteiger partial charge in [0, 0.05) is 15.8 Å². The Hall–Kier alpha value is -1.26. The number of fused-ring (bicyclic) bond motifs is 1. The molecule has 2 N–H and O–H groups in total. The molecule has 68 valence electrons. The Morgan fingerprint density at radius 3 is 3.31 bits per heavy atom. The smallest absolute Gasteiger partial charge is 0.180 e. The molecule has 13 heavy (non-hydrogen) atoms. The van der Waals surface area contributed by atoms with Crippen molar-refractivity contribution in [2.45, 2.75) is 25.3 Å². The number of hydrogen-bond acceptors (Lipinski definition) is 4. The summed E-state index contributed by atoms with van der Waals surface area (Å²) in [5, 5.41) is 4.33. The van der Waals surface area contributed by atoms with Gasteiger partial charge < -0.3 is 5.73 Å². The van der Waals surface area contributed by atoms with E-state index in [0.29, 0.717) is 5.13 Å². The number of anilines is 1. The second-order valence-electron chi connectivity index (χ2n) is 3.02. The minimum atomic E-state index is 0.0948. The number of aromatic nitrogens is 1. The molecule has 0 spiro atoms. The van der Waals surface area contributed by atoms with Gasteiger partial charge in [-0.15, -0.1) is 11.3 Å². The van der Waals surface area contributed by atoms with Crippen molar-refractivity contribution in [2.75, 3.05) is 5.73 Å². The number of hydrogen-bond donors (Lipinski definition) is 1. The monoisotopic (exact) mass is 195 g/mol. The number of nitrogens with two attached hydrogens (primary N) is 1. The summed E-state index contributed by atoms with van der Waals surface area (Å²) in [6.45, 7) is 0. The summed E-state index contributed by atoms with van der Waals surface area (Å²) in [7, 11) is 0. The van der Waals surface area contributed by atoms with Gasteiger partial charge in [-0.25, -0.2) is 4.98 Å². The Morgan fingerprint density at radius 2 is 2.54 bits per heavy atom. The molecule has 1 aromatic heterocycles. The van der Waals surface area contributed by atoms with Gasteiger partial charge in [-0.05, 0) is 24.8 Å². The van der Waals surface area contributed by atoms with Crippen LogP contribution in [0.15, 0.2) is 5.11 Å². The summed E-state index contributed by atoms with van der Waals surface area (Å²) < 4.78 is 0. The SMILES string of the molecule is [N-]=[N+]=N[C@H]1CCc2nc(N)sc2C1. The first kappa shape index (κ1) is 8.34. The van der Waals surface area contributed by atoms with Crippen LogP contribution in [0.25, 0.3) is 10.4 Å². The zero-order chi connectivity index (χ0) is 9.26. The minimum Gasteiger partial charge on any atom is -0.375 e. The highest BCUT2D eigenvalue weighted by atomic mass is 32.1. The van der Waals surface area contributed by atoms with Crippen LogP contribution in [0.5, 0.6) is 0 Å². The first-order chi connectivity index (χ1) is 6.29. The van der Waals surface area contributed by atoms with Gasteiger partial charge in [0.2, 0.25) is 0 Å². The molecule has 0 aliphatic heterocycles. The van der Waals surface area contributed by atoms with E-state index >= 15 is 0 Å². The summed E-state index contributed by atoms with van der Waals surface area (Å²) >= 11 is 1.50. The van der Waals surface area contributed by atoms with Crippen LogP contribution in [0.1, 0.15) is 17.0 Å². The highest BCUT2D eigenvalue weighted by molar-refractivity contribution is 7.15. The summed E-state index contributed by atoms with van der Waals surface area (Å²) in [5.74, 6) is 0. The number of rotatable bonds is 1. The molecular weight excluding hydrogens is 186 g/mol. The van der Waals surface area contributed by atoms with Crippen LogP contribution < -0.4 is 5.73 Å². The molecule has 1 heterocycles. The van der Waals surface area contributed by atoms with Crippen LogP contribution in [0.2, 0.25) is 0 Å². The van der Waals surface area contributed by atoms with Crippen LogP contribution in [-0.2, 0) is 12.8 Å². The molecule has 0 aromatic carbocycles. The zero-order valence-electron chi connectivity index (χ0n) is 6.97. The molecule has 1 aromatic rings. The maximum Gasteiger partial charge on any atom is 0.180 e. The number of nitrogens with zero attached hydrogens (tertiary/aromatic N) is 4. The van der Waals surface area contributed by atoms with E-state index in [1.807, 2.05) is 0 Å². The second kappa shape index (κ2) is 3.24.